The van der Waals surface area contributed by atoms with Crippen LogP contribution in [-0.4, -0.2) is 30.9 Å². The second-order valence-corrected chi connectivity index (χ2v) is 5.25. The molecule has 3 amide bonds. The molecule has 0 aliphatic carbocycles. The third-order valence-corrected chi connectivity index (χ3v) is 3.21. The lowest BCUT2D eigenvalue weighted by Crippen LogP contribution is -2.22. The number of nitrogens with zero attached hydrogens (tertiary/aromatic N) is 1. The first-order chi connectivity index (χ1) is 10.5. The van der Waals surface area contributed by atoms with Gasteiger partial charge in [0.1, 0.15) is 0 Å². The number of anilines is 2. The Bertz CT molecular complexity index is 687. The first-order valence-electron chi connectivity index (χ1n) is 6.61. The summed E-state index contributed by atoms with van der Waals surface area (Å²) in [5.74, 6) is -0.190. The van der Waals surface area contributed by atoms with Crippen molar-refractivity contribution < 1.29 is 9.59 Å². The largest absolute Gasteiger partial charge is 0.345 e. The molecule has 0 atom stereocenters. The van der Waals surface area contributed by atoms with Crippen molar-refractivity contribution in [2.24, 2.45) is 0 Å². The molecule has 2 rings (SSSR count). The zero-order chi connectivity index (χ0) is 16.1. The van der Waals surface area contributed by atoms with Crippen LogP contribution < -0.4 is 10.6 Å². The van der Waals surface area contributed by atoms with Gasteiger partial charge in [-0.05, 0) is 30.3 Å². The minimum Gasteiger partial charge on any atom is -0.345 e. The molecule has 5 nitrogen and oxygen atoms in total. The Kier molecular flexibility index (Phi) is 5.01. The first kappa shape index (κ1) is 15.9. The van der Waals surface area contributed by atoms with E-state index in [4.69, 9.17) is 11.6 Å². The maximum Gasteiger partial charge on any atom is 0.323 e. The minimum atomic E-state index is -0.381. The Labute approximate surface area is 133 Å². The van der Waals surface area contributed by atoms with Crippen LogP contribution in [0.2, 0.25) is 5.02 Å². The number of benzene rings is 2. The number of carbonyl (C=O) groups excluding carboxylic acids is 2. The fourth-order valence-corrected chi connectivity index (χ4v) is 2.08. The van der Waals surface area contributed by atoms with E-state index in [1.165, 1.54) is 4.90 Å². The molecule has 2 N–H and O–H groups in total. The number of halogens is 1. The van der Waals surface area contributed by atoms with Crippen molar-refractivity contribution in [3.8, 4) is 0 Å². The zero-order valence-corrected chi connectivity index (χ0v) is 13.0. The van der Waals surface area contributed by atoms with Gasteiger partial charge in [0.15, 0.2) is 0 Å². The lowest BCUT2D eigenvalue weighted by atomic mass is 10.2. The van der Waals surface area contributed by atoms with Crippen molar-refractivity contribution in [1.82, 2.24) is 4.90 Å². The van der Waals surface area contributed by atoms with Crippen LogP contribution in [0.1, 0.15) is 10.4 Å². The SMILES string of the molecule is CN(C)C(=O)c1ccc(NC(=O)Nc2ccccc2)cc1Cl. The molecule has 0 fully saturated rings. The summed E-state index contributed by atoms with van der Waals surface area (Å²) in [4.78, 5) is 25.2. The van der Waals surface area contributed by atoms with Gasteiger partial charge in [-0.1, -0.05) is 29.8 Å². The standard InChI is InChI=1S/C16H16ClN3O2/c1-20(2)15(21)13-9-8-12(10-14(13)17)19-16(22)18-11-6-4-3-5-7-11/h3-10H,1-2H3,(H2,18,19,22). The van der Waals surface area contributed by atoms with E-state index in [0.717, 1.165) is 0 Å². The van der Waals surface area contributed by atoms with E-state index in [1.807, 2.05) is 18.2 Å². The van der Waals surface area contributed by atoms with Crippen LogP contribution in [0.5, 0.6) is 0 Å². The highest BCUT2D eigenvalue weighted by Gasteiger charge is 2.13. The lowest BCUT2D eigenvalue weighted by molar-refractivity contribution is 0.0828. The molecule has 22 heavy (non-hydrogen) atoms. The molecule has 0 aliphatic rings. The number of rotatable bonds is 3. The van der Waals surface area contributed by atoms with Crippen LogP contribution in [-0.2, 0) is 0 Å². The summed E-state index contributed by atoms with van der Waals surface area (Å²) in [6.07, 6.45) is 0. The maximum absolute atomic E-state index is 11.9. The minimum absolute atomic E-state index is 0.190. The average molecular weight is 318 g/mol. The molecule has 0 unspecified atom stereocenters. The molecule has 0 bridgehead atoms. The molecule has 6 heteroatoms. The molecule has 0 heterocycles. The smallest absolute Gasteiger partial charge is 0.323 e. The highest BCUT2D eigenvalue weighted by molar-refractivity contribution is 6.34. The predicted molar refractivity (Wildman–Crippen MR) is 88.6 cm³/mol. The number of amides is 3. The molecular formula is C16H16ClN3O2. The quantitative estimate of drug-likeness (QED) is 0.907. The molecule has 0 spiro atoms. The third-order valence-electron chi connectivity index (χ3n) is 2.90. The predicted octanol–water partition coefficient (Wildman–Crippen LogP) is 3.69. The van der Waals surface area contributed by atoms with Crippen molar-refractivity contribution in [1.29, 1.82) is 0 Å². The van der Waals surface area contributed by atoms with Crippen molar-refractivity contribution in [3.05, 3.63) is 59.1 Å². The molecule has 114 valence electrons. The monoisotopic (exact) mass is 317 g/mol. The lowest BCUT2D eigenvalue weighted by Gasteiger charge is -2.13. The van der Waals surface area contributed by atoms with Crippen LogP contribution in [0.4, 0.5) is 16.2 Å². The van der Waals surface area contributed by atoms with Gasteiger partial charge in [-0.25, -0.2) is 4.79 Å². The molecule has 0 aliphatic heterocycles. The van der Waals surface area contributed by atoms with Crippen molar-refractivity contribution in [2.45, 2.75) is 0 Å². The maximum atomic E-state index is 11.9. The molecule has 2 aromatic carbocycles. The van der Waals surface area contributed by atoms with Gasteiger partial charge < -0.3 is 15.5 Å². The van der Waals surface area contributed by atoms with Crippen molar-refractivity contribution >= 4 is 34.9 Å². The Morgan fingerprint density at radius 3 is 2.18 bits per heavy atom. The molecular weight excluding hydrogens is 302 g/mol. The van der Waals surface area contributed by atoms with Crippen LogP contribution in [0.3, 0.4) is 0 Å². The van der Waals surface area contributed by atoms with E-state index in [2.05, 4.69) is 10.6 Å². The summed E-state index contributed by atoms with van der Waals surface area (Å²) >= 11 is 6.09. The molecule has 0 saturated carbocycles. The van der Waals surface area contributed by atoms with E-state index in [1.54, 1.807) is 44.4 Å². The van der Waals surface area contributed by atoms with E-state index < -0.39 is 0 Å². The summed E-state index contributed by atoms with van der Waals surface area (Å²) in [7, 11) is 3.30. The topological polar surface area (TPSA) is 61.4 Å². The van der Waals surface area contributed by atoms with Gasteiger partial charge in [-0.3, -0.25) is 4.79 Å². The highest BCUT2D eigenvalue weighted by atomic mass is 35.5. The van der Waals surface area contributed by atoms with Gasteiger partial charge in [-0.2, -0.15) is 0 Å². The Morgan fingerprint density at radius 2 is 1.59 bits per heavy atom. The van der Waals surface area contributed by atoms with E-state index in [9.17, 15) is 9.59 Å². The van der Waals surface area contributed by atoms with Crippen LogP contribution in [0.15, 0.2) is 48.5 Å². The summed E-state index contributed by atoms with van der Waals surface area (Å²) in [6, 6.07) is 13.5. The van der Waals surface area contributed by atoms with Crippen molar-refractivity contribution in [2.75, 3.05) is 24.7 Å². The van der Waals surface area contributed by atoms with Crippen LogP contribution in [0, 0.1) is 0 Å². The van der Waals surface area contributed by atoms with Gasteiger partial charge in [0.25, 0.3) is 5.91 Å². The Balaban J connectivity index is 2.06. The van der Waals surface area contributed by atoms with E-state index in [0.29, 0.717) is 16.9 Å². The third kappa shape index (κ3) is 3.99. The number of hydrogen-bond acceptors (Lipinski definition) is 2. The van der Waals surface area contributed by atoms with E-state index in [-0.39, 0.29) is 17.0 Å². The summed E-state index contributed by atoms with van der Waals surface area (Å²) in [6.45, 7) is 0. The van der Waals surface area contributed by atoms with Gasteiger partial charge in [-0.15, -0.1) is 0 Å². The number of carbonyl (C=O) groups is 2. The van der Waals surface area contributed by atoms with Crippen LogP contribution >= 0.6 is 11.6 Å². The van der Waals surface area contributed by atoms with Crippen LogP contribution in [0.25, 0.3) is 0 Å². The molecule has 0 saturated heterocycles. The summed E-state index contributed by atoms with van der Waals surface area (Å²) in [5.41, 5.74) is 1.58. The Hall–Kier alpha value is -2.53. The van der Waals surface area contributed by atoms with Gasteiger partial charge in [0.2, 0.25) is 0 Å². The summed E-state index contributed by atoms with van der Waals surface area (Å²) < 4.78 is 0. The highest BCUT2D eigenvalue weighted by Crippen LogP contribution is 2.22. The molecule has 2 aromatic rings. The number of para-hydroxylation sites is 1. The molecule has 0 radical (unpaired) electrons. The number of urea groups is 1. The number of nitrogens with one attached hydrogen (secondary N) is 2. The fraction of sp³-hybridized carbons (Fsp3) is 0.125. The van der Waals surface area contributed by atoms with Gasteiger partial charge in [0.05, 0.1) is 10.6 Å². The van der Waals surface area contributed by atoms with E-state index >= 15 is 0 Å². The number of hydrogen-bond donors (Lipinski definition) is 2. The molecule has 0 aromatic heterocycles. The fourth-order valence-electron chi connectivity index (χ4n) is 1.82. The van der Waals surface area contributed by atoms with Crippen molar-refractivity contribution in [3.63, 3.8) is 0 Å². The second-order valence-electron chi connectivity index (χ2n) is 4.84. The normalized spacial score (nSPS) is 9.95. The summed E-state index contributed by atoms with van der Waals surface area (Å²) in [5, 5.41) is 5.65. The second kappa shape index (κ2) is 6.95. The zero-order valence-electron chi connectivity index (χ0n) is 12.3. The Morgan fingerprint density at radius 1 is 0.955 bits per heavy atom. The van der Waals surface area contributed by atoms with Gasteiger partial charge >= 0.3 is 6.03 Å². The van der Waals surface area contributed by atoms with Gasteiger partial charge in [0, 0.05) is 25.5 Å². The average Bonchev–Trinajstić information content (AvgIpc) is 2.47. The first-order valence-corrected chi connectivity index (χ1v) is 6.99.